The molecule has 0 radical (unpaired) electrons. The summed E-state index contributed by atoms with van der Waals surface area (Å²) in [5, 5.41) is 6.47. The van der Waals surface area contributed by atoms with Crippen LogP contribution in [0.5, 0.6) is 0 Å². The molecular weight excluding hydrogens is 216 g/mol. The second-order valence-corrected chi connectivity index (χ2v) is 6.55. The van der Waals surface area contributed by atoms with Gasteiger partial charge in [-0.25, -0.2) is 8.42 Å². The van der Waals surface area contributed by atoms with E-state index in [1.807, 2.05) is 6.92 Å². The first-order valence-electron chi connectivity index (χ1n) is 5.37. The SMILES string of the molecule is C[C@@H]1CNC[C@H](C2CS(=O)(=O)CCN2)O1. The van der Waals surface area contributed by atoms with E-state index in [2.05, 4.69) is 10.6 Å². The van der Waals surface area contributed by atoms with Crippen LogP contribution in [0.3, 0.4) is 0 Å². The summed E-state index contributed by atoms with van der Waals surface area (Å²) in [5.74, 6) is 0.450. The summed E-state index contributed by atoms with van der Waals surface area (Å²) in [6, 6.07) is -0.0565. The highest BCUT2D eigenvalue weighted by Crippen LogP contribution is 2.12. The van der Waals surface area contributed by atoms with Gasteiger partial charge in [0, 0.05) is 25.7 Å². The van der Waals surface area contributed by atoms with Gasteiger partial charge >= 0.3 is 0 Å². The number of sulfone groups is 1. The predicted octanol–water partition coefficient (Wildman–Crippen LogP) is -1.25. The number of nitrogens with one attached hydrogen (secondary N) is 2. The summed E-state index contributed by atoms with van der Waals surface area (Å²) in [4.78, 5) is 0. The van der Waals surface area contributed by atoms with E-state index in [1.54, 1.807) is 0 Å². The Balaban J connectivity index is 1.97. The Kier molecular flexibility index (Phi) is 3.30. The van der Waals surface area contributed by atoms with Crippen LogP contribution >= 0.6 is 0 Å². The van der Waals surface area contributed by atoms with Crippen molar-refractivity contribution in [3.63, 3.8) is 0 Å². The summed E-state index contributed by atoms with van der Waals surface area (Å²) in [7, 11) is -2.87. The van der Waals surface area contributed by atoms with Crippen LogP contribution in [0.15, 0.2) is 0 Å². The average molecular weight is 234 g/mol. The number of rotatable bonds is 1. The van der Waals surface area contributed by atoms with Crippen molar-refractivity contribution in [2.75, 3.05) is 31.1 Å². The van der Waals surface area contributed by atoms with Gasteiger partial charge in [0.05, 0.1) is 23.7 Å². The third-order valence-electron chi connectivity index (χ3n) is 2.89. The molecule has 2 N–H and O–H groups in total. The highest BCUT2D eigenvalue weighted by atomic mass is 32.2. The van der Waals surface area contributed by atoms with E-state index in [0.29, 0.717) is 6.54 Å². The minimum absolute atomic E-state index is 0.0242. The molecule has 5 nitrogen and oxygen atoms in total. The van der Waals surface area contributed by atoms with E-state index in [4.69, 9.17) is 4.74 Å². The Morgan fingerprint density at radius 2 is 2.13 bits per heavy atom. The quantitative estimate of drug-likeness (QED) is 0.593. The highest BCUT2D eigenvalue weighted by Gasteiger charge is 2.33. The molecule has 0 bridgehead atoms. The molecule has 2 aliphatic heterocycles. The zero-order valence-electron chi connectivity index (χ0n) is 8.90. The molecule has 88 valence electrons. The van der Waals surface area contributed by atoms with Gasteiger partial charge in [0.25, 0.3) is 0 Å². The summed E-state index contributed by atoms with van der Waals surface area (Å²) in [6.07, 6.45) is 0.138. The first-order chi connectivity index (χ1) is 7.07. The van der Waals surface area contributed by atoms with Gasteiger partial charge in [-0.1, -0.05) is 0 Å². The van der Waals surface area contributed by atoms with Crippen LogP contribution in [0.25, 0.3) is 0 Å². The van der Waals surface area contributed by atoms with Crippen molar-refractivity contribution in [1.29, 1.82) is 0 Å². The second-order valence-electron chi connectivity index (χ2n) is 4.32. The number of hydrogen-bond acceptors (Lipinski definition) is 5. The Labute approximate surface area is 90.5 Å². The monoisotopic (exact) mass is 234 g/mol. The molecular formula is C9H18N2O3S. The molecule has 0 aromatic carbocycles. The van der Waals surface area contributed by atoms with E-state index in [1.165, 1.54) is 0 Å². The third-order valence-corrected chi connectivity index (χ3v) is 4.58. The van der Waals surface area contributed by atoms with Crippen molar-refractivity contribution in [2.45, 2.75) is 25.2 Å². The Morgan fingerprint density at radius 1 is 1.33 bits per heavy atom. The van der Waals surface area contributed by atoms with Crippen LogP contribution in [0.1, 0.15) is 6.92 Å². The Morgan fingerprint density at radius 3 is 2.80 bits per heavy atom. The summed E-state index contributed by atoms with van der Waals surface area (Å²) < 4.78 is 28.7. The molecule has 2 heterocycles. The number of morpholine rings is 1. The predicted molar refractivity (Wildman–Crippen MR) is 57.6 cm³/mol. The van der Waals surface area contributed by atoms with Gasteiger partial charge in [0.1, 0.15) is 0 Å². The molecule has 2 rings (SSSR count). The van der Waals surface area contributed by atoms with Crippen LogP contribution < -0.4 is 10.6 Å². The molecule has 2 fully saturated rings. The van der Waals surface area contributed by atoms with Crippen LogP contribution in [-0.2, 0) is 14.6 Å². The van der Waals surface area contributed by atoms with Crippen molar-refractivity contribution in [1.82, 2.24) is 10.6 Å². The number of hydrogen-bond donors (Lipinski definition) is 2. The summed E-state index contributed by atoms with van der Waals surface area (Å²) in [6.45, 7) is 4.12. The fraction of sp³-hybridized carbons (Fsp3) is 1.00. The fourth-order valence-corrected chi connectivity index (χ4v) is 3.59. The third kappa shape index (κ3) is 2.90. The smallest absolute Gasteiger partial charge is 0.153 e. The zero-order chi connectivity index (χ0) is 10.9. The molecule has 1 unspecified atom stereocenters. The molecule has 0 spiro atoms. The van der Waals surface area contributed by atoms with Gasteiger partial charge in [-0.3, -0.25) is 0 Å². The molecule has 3 atom stereocenters. The molecule has 2 saturated heterocycles. The molecule has 15 heavy (non-hydrogen) atoms. The van der Waals surface area contributed by atoms with Gasteiger partial charge in [-0.15, -0.1) is 0 Å². The van der Waals surface area contributed by atoms with Crippen LogP contribution in [0, 0.1) is 0 Å². The lowest BCUT2D eigenvalue weighted by Crippen LogP contribution is -2.58. The van der Waals surface area contributed by atoms with Gasteiger partial charge in [-0.05, 0) is 6.92 Å². The van der Waals surface area contributed by atoms with Gasteiger partial charge < -0.3 is 15.4 Å². The maximum Gasteiger partial charge on any atom is 0.153 e. The minimum Gasteiger partial charge on any atom is -0.371 e. The lowest BCUT2D eigenvalue weighted by atomic mass is 10.1. The summed E-state index contributed by atoms with van der Waals surface area (Å²) >= 11 is 0. The Hall–Kier alpha value is -0.170. The standard InChI is InChI=1S/C9H18N2O3S/c1-7-4-10-5-9(14-7)8-6-15(12,13)3-2-11-8/h7-11H,2-6H2,1H3/t7-,8?,9-/m1/s1. The van der Waals surface area contributed by atoms with Gasteiger partial charge in [0.2, 0.25) is 0 Å². The molecule has 0 aromatic rings. The number of ether oxygens (including phenoxy) is 1. The zero-order valence-corrected chi connectivity index (χ0v) is 9.72. The van der Waals surface area contributed by atoms with E-state index in [9.17, 15) is 8.42 Å². The first-order valence-corrected chi connectivity index (χ1v) is 7.19. The van der Waals surface area contributed by atoms with Gasteiger partial charge in [-0.2, -0.15) is 0 Å². The maximum atomic E-state index is 11.5. The van der Waals surface area contributed by atoms with Crippen molar-refractivity contribution in [2.24, 2.45) is 0 Å². The largest absolute Gasteiger partial charge is 0.371 e. The maximum absolute atomic E-state index is 11.5. The van der Waals surface area contributed by atoms with Crippen LogP contribution in [0.4, 0.5) is 0 Å². The van der Waals surface area contributed by atoms with Crippen molar-refractivity contribution < 1.29 is 13.2 Å². The first kappa shape index (κ1) is 11.3. The van der Waals surface area contributed by atoms with Crippen LogP contribution in [-0.4, -0.2) is 57.8 Å². The molecule has 0 saturated carbocycles. The molecule has 0 aliphatic carbocycles. The average Bonchev–Trinajstić information content (AvgIpc) is 2.16. The van der Waals surface area contributed by atoms with Crippen molar-refractivity contribution in [3.05, 3.63) is 0 Å². The lowest BCUT2D eigenvalue weighted by Gasteiger charge is -2.36. The molecule has 2 aliphatic rings. The van der Waals surface area contributed by atoms with Crippen molar-refractivity contribution in [3.8, 4) is 0 Å². The fourth-order valence-electron chi connectivity index (χ4n) is 2.11. The second kappa shape index (κ2) is 4.37. The molecule has 6 heteroatoms. The van der Waals surface area contributed by atoms with Crippen LogP contribution in [0.2, 0.25) is 0 Å². The van der Waals surface area contributed by atoms with E-state index >= 15 is 0 Å². The minimum atomic E-state index is -2.87. The van der Waals surface area contributed by atoms with Crippen molar-refractivity contribution >= 4 is 9.84 Å². The lowest BCUT2D eigenvalue weighted by molar-refractivity contribution is -0.0420. The van der Waals surface area contributed by atoms with Gasteiger partial charge in [0.15, 0.2) is 9.84 Å². The van der Waals surface area contributed by atoms with E-state index in [0.717, 1.165) is 13.1 Å². The molecule has 0 amide bonds. The summed E-state index contributed by atoms with van der Waals surface area (Å²) in [5.41, 5.74) is 0. The Bertz CT molecular complexity index is 317. The molecule has 0 aromatic heterocycles. The van der Waals surface area contributed by atoms with E-state index < -0.39 is 9.84 Å². The van der Waals surface area contributed by atoms with E-state index in [-0.39, 0.29) is 29.8 Å². The normalized spacial score (nSPS) is 41.3. The highest BCUT2D eigenvalue weighted by molar-refractivity contribution is 7.91. The topological polar surface area (TPSA) is 67.4 Å².